The smallest absolute Gasteiger partial charge is 0.271 e. The Morgan fingerprint density at radius 1 is 1.20 bits per heavy atom. The summed E-state index contributed by atoms with van der Waals surface area (Å²) in [7, 11) is 0. The van der Waals surface area contributed by atoms with Crippen LogP contribution in [0, 0.1) is 33.8 Å². The van der Waals surface area contributed by atoms with Crippen LogP contribution in [0.2, 0.25) is 0 Å². The van der Waals surface area contributed by atoms with Crippen molar-refractivity contribution in [2.75, 3.05) is 4.90 Å². The average Bonchev–Trinajstić information content (AvgIpc) is 3.30. The molecule has 6 atom stereocenters. The van der Waals surface area contributed by atoms with E-state index in [-0.39, 0.29) is 35.9 Å². The van der Waals surface area contributed by atoms with E-state index in [4.69, 9.17) is 4.74 Å². The lowest BCUT2D eigenvalue weighted by atomic mass is 9.63. The van der Waals surface area contributed by atoms with E-state index in [0.717, 1.165) is 15.8 Å². The van der Waals surface area contributed by atoms with E-state index < -0.39 is 46.4 Å². The largest absolute Gasteiger partial charge is 0.508 e. The molecule has 0 unspecified atom stereocenters. The molecule has 3 fully saturated rings. The van der Waals surface area contributed by atoms with Crippen LogP contribution in [-0.4, -0.2) is 32.7 Å². The monoisotopic (exact) mass is 544 g/mol. The van der Waals surface area contributed by atoms with Crippen molar-refractivity contribution in [3.05, 3.63) is 62.6 Å². The Labute approximate surface area is 210 Å². The number of hydrogen-bond donors (Lipinski definition) is 2. The SMILES string of the molecule is CCC[C@H]1C[C@@H]2C(=O)N(c3cccc([N+](=O)[O-])c3)C(=O)[C@@H]2[C@@H]2C[C@@H](c3cc(Br)ccc3O)O[C@]12O. The summed E-state index contributed by atoms with van der Waals surface area (Å²) in [5.74, 6) is -5.01. The number of anilines is 1. The minimum absolute atomic E-state index is 0.0242. The number of halogens is 1. The first-order chi connectivity index (χ1) is 16.7. The van der Waals surface area contributed by atoms with Gasteiger partial charge in [0, 0.05) is 34.0 Å². The molecule has 35 heavy (non-hydrogen) atoms. The molecule has 0 bridgehead atoms. The molecule has 0 spiro atoms. The fourth-order valence-electron chi connectivity index (χ4n) is 6.14. The Hall–Kier alpha value is -2.82. The van der Waals surface area contributed by atoms with Crippen LogP contribution < -0.4 is 4.90 Å². The number of non-ortho nitro benzene ring substituents is 1. The number of carbonyl (C=O) groups excluding carboxylic acids is 2. The normalized spacial score (nSPS) is 32.0. The quantitative estimate of drug-likeness (QED) is 0.323. The molecule has 3 aliphatic rings. The van der Waals surface area contributed by atoms with Gasteiger partial charge < -0.3 is 14.9 Å². The highest BCUT2D eigenvalue weighted by molar-refractivity contribution is 9.10. The van der Waals surface area contributed by atoms with Gasteiger partial charge in [0.2, 0.25) is 11.8 Å². The van der Waals surface area contributed by atoms with Crippen molar-refractivity contribution in [1.29, 1.82) is 0 Å². The molecule has 10 heteroatoms. The molecule has 5 rings (SSSR count). The van der Waals surface area contributed by atoms with Crippen LogP contribution in [0.1, 0.15) is 44.3 Å². The summed E-state index contributed by atoms with van der Waals surface area (Å²) in [6, 6.07) is 10.4. The molecule has 2 amide bonds. The van der Waals surface area contributed by atoms with Crippen LogP contribution in [0.15, 0.2) is 46.9 Å². The lowest BCUT2D eigenvalue weighted by Crippen LogP contribution is -2.53. The van der Waals surface area contributed by atoms with Crippen molar-refractivity contribution in [2.24, 2.45) is 23.7 Å². The lowest BCUT2D eigenvalue weighted by molar-refractivity contribution is -0.384. The van der Waals surface area contributed by atoms with E-state index in [0.29, 0.717) is 12.0 Å². The summed E-state index contributed by atoms with van der Waals surface area (Å²) < 4.78 is 6.97. The highest BCUT2D eigenvalue weighted by Gasteiger charge is 2.66. The first-order valence-corrected chi connectivity index (χ1v) is 12.5. The first-order valence-electron chi connectivity index (χ1n) is 11.7. The van der Waals surface area contributed by atoms with Gasteiger partial charge in [-0.2, -0.15) is 0 Å². The molecule has 2 saturated heterocycles. The number of aromatic hydroxyl groups is 1. The van der Waals surface area contributed by atoms with E-state index >= 15 is 0 Å². The zero-order valence-corrected chi connectivity index (χ0v) is 20.6. The molecule has 1 saturated carbocycles. The molecular weight excluding hydrogens is 520 g/mol. The van der Waals surface area contributed by atoms with Crippen LogP contribution in [0.25, 0.3) is 0 Å². The lowest BCUT2D eigenvalue weighted by Gasteiger charge is -2.44. The van der Waals surface area contributed by atoms with Crippen molar-refractivity contribution in [3.8, 4) is 5.75 Å². The number of nitro groups is 1. The van der Waals surface area contributed by atoms with Gasteiger partial charge in [0.25, 0.3) is 5.69 Å². The van der Waals surface area contributed by atoms with E-state index in [9.17, 15) is 29.9 Å². The third-order valence-electron chi connectivity index (χ3n) is 7.64. The molecule has 0 aromatic heterocycles. The minimum Gasteiger partial charge on any atom is -0.508 e. The number of ether oxygens (including phenoxy) is 1. The van der Waals surface area contributed by atoms with E-state index in [1.165, 1.54) is 30.3 Å². The Morgan fingerprint density at radius 2 is 1.97 bits per heavy atom. The van der Waals surface area contributed by atoms with E-state index in [1.54, 1.807) is 12.1 Å². The van der Waals surface area contributed by atoms with Crippen LogP contribution in [0.5, 0.6) is 5.75 Å². The fraction of sp³-hybridized carbons (Fsp3) is 0.440. The summed E-state index contributed by atoms with van der Waals surface area (Å²) >= 11 is 3.40. The Balaban J connectivity index is 1.54. The second-order valence-corrected chi connectivity index (χ2v) is 10.5. The molecule has 2 aromatic rings. The summed E-state index contributed by atoms with van der Waals surface area (Å²) in [4.78, 5) is 38.9. The van der Waals surface area contributed by atoms with E-state index in [2.05, 4.69) is 15.9 Å². The van der Waals surface area contributed by atoms with Crippen LogP contribution in [0.4, 0.5) is 11.4 Å². The number of hydrogen-bond acceptors (Lipinski definition) is 7. The molecule has 2 aromatic carbocycles. The van der Waals surface area contributed by atoms with Crippen molar-refractivity contribution in [2.45, 2.75) is 44.5 Å². The molecule has 0 radical (unpaired) electrons. The predicted octanol–water partition coefficient (Wildman–Crippen LogP) is 4.45. The number of carbonyl (C=O) groups is 2. The van der Waals surface area contributed by atoms with Gasteiger partial charge in [-0.1, -0.05) is 35.3 Å². The molecule has 1 aliphatic carbocycles. The Kier molecular flexibility index (Phi) is 5.93. The number of aliphatic hydroxyl groups is 1. The maximum atomic E-state index is 13.7. The molecule has 184 valence electrons. The number of phenolic OH excluding ortho intramolecular Hbond substituents is 1. The maximum Gasteiger partial charge on any atom is 0.271 e. The zero-order valence-electron chi connectivity index (χ0n) is 19.0. The highest BCUT2D eigenvalue weighted by Crippen LogP contribution is 2.60. The number of fused-ring (bicyclic) bond motifs is 3. The van der Waals surface area contributed by atoms with Crippen molar-refractivity contribution in [3.63, 3.8) is 0 Å². The summed E-state index contributed by atoms with van der Waals surface area (Å²) in [5.41, 5.74) is 0.438. The van der Waals surface area contributed by atoms with Gasteiger partial charge in [-0.25, -0.2) is 4.90 Å². The second-order valence-electron chi connectivity index (χ2n) is 9.55. The molecule has 2 aliphatic heterocycles. The zero-order chi connectivity index (χ0) is 25.1. The van der Waals surface area contributed by atoms with Crippen molar-refractivity contribution < 1.29 is 29.5 Å². The van der Waals surface area contributed by atoms with Gasteiger partial charge in [-0.05, 0) is 43.5 Å². The van der Waals surface area contributed by atoms with Crippen molar-refractivity contribution in [1.82, 2.24) is 0 Å². The summed E-state index contributed by atoms with van der Waals surface area (Å²) in [5, 5.41) is 33.5. The van der Waals surface area contributed by atoms with Gasteiger partial charge in [0.1, 0.15) is 5.75 Å². The molecular formula is C25H25BrN2O7. The highest BCUT2D eigenvalue weighted by atomic mass is 79.9. The number of nitro benzene ring substituents is 1. The Morgan fingerprint density at radius 3 is 2.69 bits per heavy atom. The van der Waals surface area contributed by atoms with Crippen LogP contribution >= 0.6 is 15.9 Å². The summed E-state index contributed by atoms with van der Waals surface area (Å²) in [6.45, 7) is 1.98. The van der Waals surface area contributed by atoms with E-state index in [1.807, 2.05) is 6.92 Å². The molecule has 2 N–H and O–H groups in total. The molecule has 9 nitrogen and oxygen atoms in total. The number of amides is 2. The number of benzene rings is 2. The first kappa shape index (κ1) is 23.9. The van der Waals surface area contributed by atoms with Gasteiger partial charge >= 0.3 is 0 Å². The average molecular weight is 545 g/mol. The standard InChI is InChI=1S/C25H25BrN2O7/c1-2-4-13-9-18-22(24(31)27(23(18)30)15-5-3-6-16(11-15)28(33)34)19-12-21(35-25(13,19)32)17-10-14(26)7-8-20(17)29/h3,5-8,10-11,13,18-19,21-22,29,32H,2,4,9,12H2,1H3/t13-,18-,19-,21-,22-,25+/m0/s1. The van der Waals surface area contributed by atoms with Crippen LogP contribution in [-0.2, 0) is 14.3 Å². The summed E-state index contributed by atoms with van der Waals surface area (Å²) in [6.07, 6.45) is 1.23. The topological polar surface area (TPSA) is 130 Å². The predicted molar refractivity (Wildman–Crippen MR) is 128 cm³/mol. The second kappa shape index (κ2) is 8.69. The van der Waals surface area contributed by atoms with Crippen LogP contribution in [0.3, 0.4) is 0 Å². The Bertz CT molecular complexity index is 1220. The van der Waals surface area contributed by atoms with Gasteiger partial charge in [-0.3, -0.25) is 19.7 Å². The number of phenols is 1. The third kappa shape index (κ3) is 3.75. The van der Waals surface area contributed by atoms with Gasteiger partial charge in [0.05, 0.1) is 28.6 Å². The minimum atomic E-state index is -1.63. The maximum absolute atomic E-state index is 13.7. The third-order valence-corrected chi connectivity index (χ3v) is 8.13. The van der Waals surface area contributed by atoms with Gasteiger partial charge in [-0.15, -0.1) is 0 Å². The molecule has 2 heterocycles. The van der Waals surface area contributed by atoms with Gasteiger partial charge in [0.15, 0.2) is 5.79 Å². The van der Waals surface area contributed by atoms with Crippen molar-refractivity contribution >= 4 is 39.1 Å². The number of nitrogens with zero attached hydrogens (tertiary/aromatic N) is 2. The fourth-order valence-corrected chi connectivity index (χ4v) is 6.52. The number of rotatable bonds is 5. The number of imide groups is 1.